The molecule has 13 nitrogen and oxygen atoms in total. The van der Waals surface area contributed by atoms with Crippen LogP contribution in [0.1, 0.15) is 71.4 Å². The molecule has 3 amide bonds. The monoisotopic (exact) mass is 853 g/mol. The Morgan fingerprint density at radius 3 is 2.49 bits per heavy atom. The first-order valence-corrected chi connectivity index (χ1v) is 22.1. The molecule has 318 valence electrons. The Morgan fingerprint density at radius 1 is 1.19 bits per heavy atom. The summed E-state index contributed by atoms with van der Waals surface area (Å²) in [6, 6.07) is 2.84. The highest BCUT2D eigenvalue weighted by atomic mass is 35.5. The molecular weight excluding hydrogens is 794 g/mol. The van der Waals surface area contributed by atoms with Crippen molar-refractivity contribution in [2.45, 2.75) is 114 Å². The number of carbonyl (C=O) groups is 4. The number of esters is 1. The number of nitrogens with zero attached hydrogens (tertiary/aromatic N) is 2. The van der Waals surface area contributed by atoms with Crippen LogP contribution in [0.5, 0.6) is 0 Å². The van der Waals surface area contributed by atoms with Gasteiger partial charge in [0.2, 0.25) is 11.8 Å². The largest absolute Gasteiger partial charge is 0.457 e. The first kappa shape index (κ1) is 46.9. The first-order valence-electron chi connectivity index (χ1n) is 19.2. The molecule has 57 heavy (non-hydrogen) atoms. The van der Waals surface area contributed by atoms with Gasteiger partial charge in [-0.05, 0) is 64.0 Å². The Hall–Kier alpha value is -2.79. The molecule has 2 fully saturated rings. The summed E-state index contributed by atoms with van der Waals surface area (Å²) in [5, 5.41) is 14.7. The van der Waals surface area contributed by atoms with Crippen LogP contribution in [0.3, 0.4) is 0 Å². The second-order valence-electron chi connectivity index (χ2n) is 15.9. The molecule has 8 atom stereocenters. The number of nitrogens with one attached hydrogen (secondary N) is 1. The number of aliphatic hydroxyl groups is 1. The highest BCUT2D eigenvalue weighted by Crippen LogP contribution is 2.49. The van der Waals surface area contributed by atoms with Crippen molar-refractivity contribution in [1.82, 2.24) is 10.2 Å². The molecule has 0 saturated carbocycles. The minimum absolute atomic E-state index is 0.0647. The molecule has 1 aromatic carbocycles. The molecule has 16 heteroatoms. The van der Waals surface area contributed by atoms with Crippen molar-refractivity contribution in [1.29, 1.82) is 0 Å². The summed E-state index contributed by atoms with van der Waals surface area (Å²) in [7, 11) is 9.54. The molecule has 1 unspecified atom stereocenters. The van der Waals surface area contributed by atoms with Gasteiger partial charge in [0, 0.05) is 53.0 Å². The third kappa shape index (κ3) is 11.1. The molecule has 0 radical (unpaired) electrons. The number of halogens is 1. The zero-order valence-corrected chi connectivity index (χ0v) is 37.4. The third-order valence-electron chi connectivity index (χ3n) is 11.5. The van der Waals surface area contributed by atoms with Crippen LogP contribution in [0, 0.1) is 18.8 Å². The SMILES string of the molecule is COCC(CCC(=O)N(C)[C@@H](C)C(=O)OC1CC(=O)N(C)c2cc(cc(C)c2Cl)C/C(C)=C/C=C/[C@@H](C)[C@@]2(O)C[C@H](OC(=O)N2)[C@@H](C)[C@@H]2O[C@@]12C)(COC)SSC. The minimum Gasteiger partial charge on any atom is -0.457 e. The Labute approximate surface area is 350 Å². The minimum atomic E-state index is -1.61. The van der Waals surface area contributed by atoms with E-state index in [1.807, 2.05) is 64.3 Å². The maximum absolute atomic E-state index is 14.2. The number of amides is 3. The Balaban J connectivity index is 1.66. The van der Waals surface area contributed by atoms with Gasteiger partial charge >= 0.3 is 12.1 Å². The summed E-state index contributed by atoms with van der Waals surface area (Å²) >= 11 is 6.81. The molecule has 3 aliphatic heterocycles. The molecule has 3 aliphatic rings. The fourth-order valence-corrected chi connectivity index (χ4v) is 10.4. The average molecular weight is 855 g/mol. The number of alkyl carbamates (subject to hydrolysis) is 1. The number of hydrogen-bond acceptors (Lipinski definition) is 12. The van der Waals surface area contributed by atoms with Crippen molar-refractivity contribution in [3.63, 3.8) is 0 Å². The highest BCUT2D eigenvalue weighted by Gasteiger charge is 2.64. The second kappa shape index (κ2) is 19.5. The number of likely N-dealkylation sites (N-methyl/N-ethyl adjacent to an activating group) is 1. The van der Waals surface area contributed by atoms with Crippen molar-refractivity contribution in [3.8, 4) is 0 Å². The predicted molar refractivity (Wildman–Crippen MR) is 224 cm³/mol. The van der Waals surface area contributed by atoms with Crippen LogP contribution in [0.2, 0.25) is 5.02 Å². The molecular formula is C41H60ClN3O10S2. The van der Waals surface area contributed by atoms with E-state index in [0.29, 0.717) is 36.8 Å². The number of methoxy groups -OCH3 is 2. The number of ether oxygens (including phenoxy) is 5. The van der Waals surface area contributed by atoms with E-state index in [0.717, 1.165) is 16.7 Å². The van der Waals surface area contributed by atoms with Crippen LogP contribution in [0.25, 0.3) is 0 Å². The van der Waals surface area contributed by atoms with Crippen molar-refractivity contribution in [2.75, 3.05) is 52.7 Å². The zero-order valence-electron chi connectivity index (χ0n) is 35.0. The van der Waals surface area contributed by atoms with Gasteiger partial charge in [0.1, 0.15) is 29.6 Å². The van der Waals surface area contributed by atoms with Gasteiger partial charge in [-0.15, -0.1) is 0 Å². The average Bonchev–Trinajstić information content (AvgIpc) is 3.85. The lowest BCUT2D eigenvalue weighted by Crippen LogP contribution is -2.60. The maximum Gasteiger partial charge on any atom is 0.409 e. The number of anilines is 1. The zero-order chi connectivity index (χ0) is 42.5. The summed E-state index contributed by atoms with van der Waals surface area (Å²) < 4.78 is 28.7. The van der Waals surface area contributed by atoms with E-state index in [9.17, 15) is 24.3 Å². The molecule has 1 aromatic rings. The summed E-state index contributed by atoms with van der Waals surface area (Å²) in [4.78, 5) is 57.4. The van der Waals surface area contributed by atoms with Crippen LogP contribution in [0.15, 0.2) is 35.9 Å². The van der Waals surface area contributed by atoms with E-state index < -0.39 is 64.3 Å². The Kier molecular flexibility index (Phi) is 16.1. The molecule has 2 N–H and O–H groups in total. The first-order chi connectivity index (χ1) is 26.7. The molecule has 3 heterocycles. The van der Waals surface area contributed by atoms with Gasteiger partial charge in [0.05, 0.1) is 41.2 Å². The molecule has 2 saturated heterocycles. The van der Waals surface area contributed by atoms with Gasteiger partial charge in [-0.1, -0.05) is 76.9 Å². The lowest BCUT2D eigenvalue weighted by atomic mass is 9.82. The highest BCUT2D eigenvalue weighted by molar-refractivity contribution is 8.77. The van der Waals surface area contributed by atoms with Crippen LogP contribution >= 0.6 is 33.2 Å². The fourth-order valence-electron chi connectivity index (χ4n) is 7.65. The van der Waals surface area contributed by atoms with Crippen LogP contribution < -0.4 is 10.2 Å². The van der Waals surface area contributed by atoms with Gasteiger partial charge in [0.25, 0.3) is 0 Å². The van der Waals surface area contributed by atoms with E-state index in [4.69, 9.17) is 35.3 Å². The summed E-state index contributed by atoms with van der Waals surface area (Å²) in [6.45, 7) is 11.6. The standard InChI is InChI=1S/C41H60ClN3O10S2/c1-24-13-12-14-26(3)41(50)21-31(53-38(49)43-41)27(4)36-39(6,55-36)32(20-34(47)45(8)30-19-29(17-24)18-25(2)35(30)42)54-37(48)28(5)44(7)33(46)15-16-40(22-51-9,23-52-10)57-56-11/h12-14,18-19,26-28,31-32,36,50H,15-17,20-23H2,1-11H3,(H,43,49)/b14-12+,24-13+/t26-,27-,28+,31+,32?,36+,39+,41+/m1/s1. The fraction of sp³-hybridized carbons (Fsp3) is 0.659. The van der Waals surface area contributed by atoms with Crippen molar-refractivity contribution in [3.05, 3.63) is 52.1 Å². The lowest BCUT2D eigenvalue weighted by molar-refractivity contribution is -0.162. The number of carbonyl (C=O) groups excluding carboxylic acids is 4. The Bertz CT molecular complexity index is 1700. The van der Waals surface area contributed by atoms with Crippen molar-refractivity contribution in [2.24, 2.45) is 11.8 Å². The van der Waals surface area contributed by atoms with E-state index in [1.165, 1.54) is 9.80 Å². The van der Waals surface area contributed by atoms with E-state index in [-0.39, 0.29) is 31.1 Å². The summed E-state index contributed by atoms with van der Waals surface area (Å²) in [5.41, 5.74) is 0.457. The second-order valence-corrected chi connectivity index (χ2v) is 19.2. The number of allylic oxidation sites excluding steroid dienone is 3. The quantitative estimate of drug-likeness (QED) is 0.139. The smallest absolute Gasteiger partial charge is 0.409 e. The number of epoxide rings is 1. The molecule has 0 spiro atoms. The van der Waals surface area contributed by atoms with Gasteiger partial charge in [0.15, 0.2) is 0 Å². The van der Waals surface area contributed by atoms with Crippen LogP contribution in [0.4, 0.5) is 10.5 Å². The predicted octanol–water partition coefficient (Wildman–Crippen LogP) is 6.26. The van der Waals surface area contributed by atoms with Crippen LogP contribution in [-0.4, -0.2) is 122 Å². The van der Waals surface area contributed by atoms with E-state index >= 15 is 0 Å². The maximum atomic E-state index is 14.2. The van der Waals surface area contributed by atoms with Gasteiger partial charge < -0.3 is 38.6 Å². The number of hydrogen-bond donors (Lipinski definition) is 2. The third-order valence-corrected chi connectivity index (χ3v) is 14.5. The number of rotatable bonds is 12. The van der Waals surface area contributed by atoms with Gasteiger partial charge in [-0.2, -0.15) is 0 Å². The van der Waals surface area contributed by atoms with Crippen LogP contribution in [-0.2, 0) is 44.5 Å². The van der Waals surface area contributed by atoms with Gasteiger partial charge in [-0.3, -0.25) is 14.9 Å². The number of benzene rings is 1. The Morgan fingerprint density at radius 2 is 1.86 bits per heavy atom. The number of aryl methyl sites for hydroxylation is 1. The number of fused-ring (bicyclic) bond motifs is 5. The molecule has 4 bridgehead atoms. The van der Waals surface area contributed by atoms with Gasteiger partial charge in [-0.25, -0.2) is 9.59 Å². The van der Waals surface area contributed by atoms with E-state index in [2.05, 4.69) is 5.32 Å². The topological polar surface area (TPSA) is 156 Å². The van der Waals surface area contributed by atoms with Crippen molar-refractivity contribution < 1.29 is 48.0 Å². The lowest BCUT2D eigenvalue weighted by Gasteiger charge is -2.41. The normalized spacial score (nSPS) is 30.2. The molecule has 0 aromatic heterocycles. The summed E-state index contributed by atoms with van der Waals surface area (Å²) in [5.74, 6) is -2.32. The molecule has 4 rings (SSSR count). The van der Waals surface area contributed by atoms with E-state index in [1.54, 1.807) is 63.8 Å². The summed E-state index contributed by atoms with van der Waals surface area (Å²) in [6.07, 6.45) is 5.27. The van der Waals surface area contributed by atoms with Crippen molar-refractivity contribution >= 4 is 62.8 Å². The molecule has 0 aliphatic carbocycles.